The fraction of sp³-hybridized carbons (Fsp3) is 0.509. The number of carbonyl (C=O) groups is 4. The normalized spacial score (nSPS) is 24.1. The maximum atomic E-state index is 17.2. The quantitative estimate of drug-likeness (QED) is 0.106. The molecule has 7 aliphatic rings. The van der Waals surface area contributed by atoms with Crippen LogP contribution in [0.15, 0.2) is 48.5 Å². The average molecular weight is 1030 g/mol. The molecule has 2 saturated carbocycles. The number of hydrogen-bond acceptors (Lipinski definition) is 13. The molecule has 75 heavy (non-hydrogen) atoms. The summed E-state index contributed by atoms with van der Waals surface area (Å²) in [5.41, 5.74) is 0.372. The first kappa shape index (κ1) is 49.5. The summed E-state index contributed by atoms with van der Waals surface area (Å²) in [6, 6.07) is 11.0. The van der Waals surface area contributed by atoms with Crippen molar-refractivity contribution in [3.8, 4) is 22.9 Å². The van der Waals surface area contributed by atoms with Gasteiger partial charge in [-0.1, -0.05) is 13.0 Å². The number of nitrogens with one attached hydrogen (secondary N) is 1. The number of hydrogen-bond donors (Lipinski definition) is 3. The van der Waals surface area contributed by atoms with Crippen LogP contribution in [0.25, 0.3) is 32.8 Å². The van der Waals surface area contributed by atoms with E-state index in [0.29, 0.717) is 53.7 Å². The van der Waals surface area contributed by atoms with Gasteiger partial charge in [-0.2, -0.15) is 9.97 Å². The number of carbonyl (C=O) groups excluding carboxylic acids is 4. The highest BCUT2D eigenvalue weighted by Crippen LogP contribution is 2.54. The maximum Gasteiger partial charge on any atom is 0.319 e. The lowest BCUT2D eigenvalue weighted by Gasteiger charge is -2.54. The number of aromatic hydroxyl groups is 1. The minimum atomic E-state index is -1.05. The number of nitrogens with zero attached hydrogens (tertiary/aromatic N) is 7. The number of fused-ring (bicyclic) bond motifs is 3. The monoisotopic (exact) mass is 1030 g/mol. The van der Waals surface area contributed by atoms with Gasteiger partial charge in [-0.3, -0.25) is 34.3 Å². The summed E-state index contributed by atoms with van der Waals surface area (Å²) < 4.78 is 55.4. The Morgan fingerprint density at radius 1 is 0.800 bits per heavy atom. The number of aromatic nitrogens is 2. The molecule has 6 heterocycles. The van der Waals surface area contributed by atoms with Crippen molar-refractivity contribution in [3.05, 3.63) is 82.7 Å². The summed E-state index contributed by atoms with van der Waals surface area (Å²) in [6.45, 7) is 11.9. The summed E-state index contributed by atoms with van der Waals surface area (Å²) in [4.78, 5) is 70.5. The number of aliphatic hydroxyl groups is 1. The predicted molar refractivity (Wildman–Crippen MR) is 275 cm³/mol. The van der Waals surface area contributed by atoms with E-state index in [9.17, 15) is 29.4 Å². The molecule has 4 aromatic carbocycles. The van der Waals surface area contributed by atoms with Crippen molar-refractivity contribution in [2.24, 2.45) is 16.7 Å². The first-order valence-electron chi connectivity index (χ1n) is 26.8. The molecule has 394 valence electrons. The molecule has 1 spiro atoms. The van der Waals surface area contributed by atoms with Crippen LogP contribution in [0.1, 0.15) is 104 Å². The van der Waals surface area contributed by atoms with Crippen molar-refractivity contribution in [1.29, 1.82) is 0 Å². The molecule has 2 atom stereocenters. The van der Waals surface area contributed by atoms with E-state index in [-0.39, 0.29) is 76.4 Å². The van der Waals surface area contributed by atoms with Crippen LogP contribution in [0.3, 0.4) is 0 Å². The minimum absolute atomic E-state index is 0.0216. The van der Waals surface area contributed by atoms with Crippen LogP contribution in [-0.4, -0.2) is 142 Å². The number of anilines is 2. The zero-order chi connectivity index (χ0) is 52.1. The molecule has 5 aromatic rings. The lowest BCUT2D eigenvalue weighted by Crippen LogP contribution is -2.54. The highest BCUT2D eigenvalue weighted by atomic mass is 19.1. The Hall–Kier alpha value is -6.37. The Labute approximate surface area is 433 Å². The van der Waals surface area contributed by atoms with Crippen LogP contribution in [0.4, 0.5) is 24.7 Å². The number of piperazine rings is 1. The van der Waals surface area contributed by atoms with E-state index in [0.717, 1.165) is 88.6 Å². The van der Waals surface area contributed by atoms with Crippen LogP contribution in [-0.2, 0) is 16.0 Å². The van der Waals surface area contributed by atoms with Crippen LogP contribution in [0, 0.1) is 34.2 Å². The fourth-order valence-electron chi connectivity index (χ4n) is 13.5. The zero-order valence-corrected chi connectivity index (χ0v) is 42.5. The number of β-amino-alcohol motifs (C(OH)–C–C–N with tert-alkyl or cyclic N) is 1. The predicted octanol–water partition coefficient (Wildman–Crippen LogP) is 7.36. The van der Waals surface area contributed by atoms with Crippen molar-refractivity contribution < 1.29 is 47.3 Å². The van der Waals surface area contributed by atoms with E-state index in [4.69, 9.17) is 9.72 Å². The second-order valence-corrected chi connectivity index (χ2v) is 23.1. The second-order valence-electron chi connectivity index (χ2n) is 23.1. The van der Waals surface area contributed by atoms with Gasteiger partial charge in [0.1, 0.15) is 34.8 Å². The molecule has 4 saturated heterocycles. The highest BCUT2D eigenvalue weighted by Gasteiger charge is 2.50. The van der Waals surface area contributed by atoms with Crippen LogP contribution < -0.4 is 19.9 Å². The van der Waals surface area contributed by atoms with E-state index in [1.165, 1.54) is 43.2 Å². The number of piperidine rings is 3. The second kappa shape index (κ2) is 18.7. The molecule has 1 aromatic heterocycles. The van der Waals surface area contributed by atoms with Gasteiger partial charge >= 0.3 is 6.01 Å². The van der Waals surface area contributed by atoms with Crippen LogP contribution >= 0.6 is 0 Å². The van der Waals surface area contributed by atoms with Gasteiger partial charge in [0.15, 0.2) is 5.82 Å². The number of phenolic OH excluding ortho intramolecular Hbond substituents is 1. The lowest BCUT2D eigenvalue weighted by atomic mass is 9.57. The van der Waals surface area contributed by atoms with Gasteiger partial charge in [0.25, 0.3) is 11.8 Å². The molecule has 5 aliphatic heterocycles. The van der Waals surface area contributed by atoms with Crippen molar-refractivity contribution in [1.82, 2.24) is 30.0 Å². The largest absolute Gasteiger partial charge is 0.508 e. The molecule has 3 N–H and O–H groups in total. The van der Waals surface area contributed by atoms with Gasteiger partial charge in [-0.05, 0) is 160 Å². The Balaban J connectivity index is 0.670. The molecular weight excluding hydrogens is 966 g/mol. The Morgan fingerprint density at radius 3 is 2.28 bits per heavy atom. The molecule has 0 bridgehead atoms. The van der Waals surface area contributed by atoms with Gasteiger partial charge in [0.2, 0.25) is 11.8 Å². The summed E-state index contributed by atoms with van der Waals surface area (Å²) in [5.74, 6) is -3.71. The number of likely N-dealkylation sites (tertiary alicyclic amines) is 1. The molecule has 15 nitrogen and oxygen atoms in total. The Morgan fingerprint density at radius 2 is 1.56 bits per heavy atom. The van der Waals surface area contributed by atoms with Crippen LogP contribution in [0.2, 0.25) is 0 Å². The zero-order valence-electron chi connectivity index (χ0n) is 42.5. The van der Waals surface area contributed by atoms with E-state index in [1.54, 1.807) is 26.0 Å². The van der Waals surface area contributed by atoms with E-state index >= 15 is 13.2 Å². The Kier molecular flexibility index (Phi) is 12.4. The van der Waals surface area contributed by atoms with E-state index in [1.807, 2.05) is 11.0 Å². The third-order valence-corrected chi connectivity index (χ3v) is 17.7. The van der Waals surface area contributed by atoms with Crippen molar-refractivity contribution in [2.45, 2.75) is 96.1 Å². The van der Waals surface area contributed by atoms with Gasteiger partial charge in [0, 0.05) is 75.3 Å². The standard InChI is InChI=1S/C57H63F3N8O7/c1-3-37-42(58)8-5-34-23-36(69)25-40(46(34)37)47-43(59)26-41-49(48(47)60)62-54(63-50(41)67-16-4-11-55(2,74)30-67)75-32-57(12-13-57)31-65-17-14-56(15-18-65)27-33(28-56)29-64-19-21-66(22-20-64)35-6-7-38-39(24-35)53(73)68(52(38)72)44-9-10-45(70)61-51(44)71/h5-8,23-26,33,44,69,74H,3-4,9-22,27-32H2,1-2H3,(H,61,70,71)/t44?,55-/m1/s1. The van der Waals surface area contributed by atoms with Gasteiger partial charge in [-0.25, -0.2) is 13.2 Å². The molecule has 1 unspecified atom stereocenters. The Bertz CT molecular complexity index is 3180. The SMILES string of the molecule is CCc1c(F)ccc2cc(O)cc(-c3c(F)cc4c(N5CCC[C@@](C)(O)C5)nc(OCC5(CN6CCC7(CC6)CC(CN6CCN(c8ccc9c(c8)C(=O)N(C8CCC(=O)NC8=O)C9=O)CC6)C7)CC5)nc4c3F)c12. The number of benzene rings is 4. The molecule has 4 amide bonds. The summed E-state index contributed by atoms with van der Waals surface area (Å²) in [5, 5.41) is 25.0. The number of aryl methyl sites for hydroxylation is 1. The molecule has 0 radical (unpaired) electrons. The number of imide groups is 2. The first-order valence-corrected chi connectivity index (χ1v) is 26.8. The van der Waals surface area contributed by atoms with Crippen molar-refractivity contribution in [3.63, 3.8) is 0 Å². The minimum Gasteiger partial charge on any atom is -0.508 e. The molecule has 12 rings (SSSR count). The number of amides is 4. The molecule has 2 aliphatic carbocycles. The average Bonchev–Trinajstić information content (AvgIpc) is 4.10. The van der Waals surface area contributed by atoms with E-state index in [2.05, 4.69) is 25.0 Å². The van der Waals surface area contributed by atoms with Crippen molar-refractivity contribution in [2.75, 3.05) is 81.9 Å². The molecule has 18 heteroatoms. The molecule has 6 fully saturated rings. The summed E-state index contributed by atoms with van der Waals surface area (Å²) >= 11 is 0. The fourth-order valence-corrected chi connectivity index (χ4v) is 13.5. The number of rotatable bonds is 12. The summed E-state index contributed by atoms with van der Waals surface area (Å²) in [7, 11) is 0. The summed E-state index contributed by atoms with van der Waals surface area (Å²) in [6.07, 6.45) is 8.33. The third kappa shape index (κ3) is 9.13. The maximum absolute atomic E-state index is 17.2. The van der Waals surface area contributed by atoms with Gasteiger partial charge < -0.3 is 29.6 Å². The molecular formula is C57H63F3N8O7. The van der Waals surface area contributed by atoms with Gasteiger partial charge in [0.05, 0.1) is 28.9 Å². The smallest absolute Gasteiger partial charge is 0.319 e. The van der Waals surface area contributed by atoms with E-state index < -0.39 is 58.3 Å². The number of ether oxygens (including phenoxy) is 1. The first-order chi connectivity index (χ1) is 36.0. The third-order valence-electron chi connectivity index (χ3n) is 17.7. The number of halogens is 3. The van der Waals surface area contributed by atoms with Gasteiger partial charge in [-0.15, -0.1) is 0 Å². The topological polar surface area (TPSA) is 172 Å². The highest BCUT2D eigenvalue weighted by molar-refractivity contribution is 6.23. The van der Waals surface area contributed by atoms with Crippen molar-refractivity contribution >= 4 is 56.8 Å². The van der Waals surface area contributed by atoms with Crippen LogP contribution in [0.5, 0.6) is 11.8 Å². The lowest BCUT2D eigenvalue weighted by molar-refractivity contribution is -0.136. The number of phenols is 1.